The van der Waals surface area contributed by atoms with Crippen molar-refractivity contribution in [3.8, 4) is 22.5 Å². The van der Waals surface area contributed by atoms with Crippen LogP contribution in [0.25, 0.3) is 22.5 Å². The standard InChI is InChI=1S/C14H10FN3/c15-12-4-2-1-3-11(12)14-13(17-9-18-14)10-5-7-16-8-6-10/h1-9H,(H,17,18). The third-order valence-corrected chi connectivity index (χ3v) is 2.74. The molecule has 0 atom stereocenters. The Morgan fingerprint density at radius 1 is 1.00 bits per heavy atom. The SMILES string of the molecule is Fc1ccccc1-c1nc[nH]c1-c1ccncc1. The van der Waals surface area contributed by atoms with Crippen molar-refractivity contribution in [1.29, 1.82) is 0 Å². The molecule has 0 aliphatic carbocycles. The van der Waals surface area contributed by atoms with Crippen molar-refractivity contribution in [3.05, 3.63) is 60.9 Å². The number of hydrogen-bond acceptors (Lipinski definition) is 2. The Labute approximate surface area is 103 Å². The van der Waals surface area contributed by atoms with Gasteiger partial charge in [0.2, 0.25) is 0 Å². The van der Waals surface area contributed by atoms with Crippen LogP contribution in [0.3, 0.4) is 0 Å². The van der Waals surface area contributed by atoms with Crippen molar-refractivity contribution in [2.45, 2.75) is 0 Å². The minimum atomic E-state index is -0.278. The number of imidazole rings is 1. The van der Waals surface area contributed by atoms with Gasteiger partial charge < -0.3 is 4.98 Å². The second-order valence-corrected chi connectivity index (χ2v) is 3.84. The van der Waals surface area contributed by atoms with Crippen molar-refractivity contribution in [2.24, 2.45) is 0 Å². The fourth-order valence-corrected chi connectivity index (χ4v) is 1.89. The normalized spacial score (nSPS) is 10.5. The molecule has 3 aromatic rings. The van der Waals surface area contributed by atoms with E-state index >= 15 is 0 Å². The predicted octanol–water partition coefficient (Wildman–Crippen LogP) is 3.28. The van der Waals surface area contributed by atoms with Gasteiger partial charge in [-0.3, -0.25) is 4.98 Å². The van der Waals surface area contributed by atoms with Crippen molar-refractivity contribution < 1.29 is 4.39 Å². The van der Waals surface area contributed by atoms with E-state index in [4.69, 9.17) is 0 Å². The van der Waals surface area contributed by atoms with Gasteiger partial charge >= 0.3 is 0 Å². The molecule has 4 heteroatoms. The third-order valence-electron chi connectivity index (χ3n) is 2.74. The van der Waals surface area contributed by atoms with E-state index in [9.17, 15) is 4.39 Å². The number of H-pyrrole nitrogens is 1. The van der Waals surface area contributed by atoms with Crippen LogP contribution in [0, 0.1) is 5.82 Å². The molecular weight excluding hydrogens is 229 g/mol. The highest BCUT2D eigenvalue weighted by atomic mass is 19.1. The summed E-state index contributed by atoms with van der Waals surface area (Å²) in [6.07, 6.45) is 4.96. The molecule has 0 saturated carbocycles. The molecule has 0 bridgehead atoms. The fourth-order valence-electron chi connectivity index (χ4n) is 1.89. The summed E-state index contributed by atoms with van der Waals surface area (Å²) in [6, 6.07) is 10.3. The van der Waals surface area contributed by atoms with E-state index in [1.165, 1.54) is 6.07 Å². The molecule has 18 heavy (non-hydrogen) atoms. The zero-order chi connectivity index (χ0) is 12.4. The Morgan fingerprint density at radius 3 is 2.56 bits per heavy atom. The zero-order valence-electron chi connectivity index (χ0n) is 9.47. The second kappa shape index (κ2) is 4.41. The summed E-state index contributed by atoms with van der Waals surface area (Å²) in [4.78, 5) is 11.2. The number of aromatic amines is 1. The summed E-state index contributed by atoms with van der Waals surface area (Å²) in [6.45, 7) is 0. The lowest BCUT2D eigenvalue weighted by molar-refractivity contribution is 0.631. The van der Waals surface area contributed by atoms with E-state index in [-0.39, 0.29) is 5.82 Å². The summed E-state index contributed by atoms with van der Waals surface area (Å²) in [5.74, 6) is -0.278. The first-order valence-electron chi connectivity index (χ1n) is 5.55. The Balaban J connectivity index is 2.16. The first-order chi connectivity index (χ1) is 8.86. The van der Waals surface area contributed by atoms with E-state index in [1.807, 2.05) is 12.1 Å². The molecule has 2 aromatic heterocycles. The molecule has 0 aliphatic rings. The van der Waals surface area contributed by atoms with Gasteiger partial charge in [-0.25, -0.2) is 9.37 Å². The maximum absolute atomic E-state index is 13.8. The Hall–Kier alpha value is -2.49. The zero-order valence-corrected chi connectivity index (χ0v) is 9.47. The molecule has 1 aromatic carbocycles. The van der Waals surface area contributed by atoms with Gasteiger partial charge in [0, 0.05) is 23.5 Å². The van der Waals surface area contributed by atoms with Crippen LogP contribution in [-0.2, 0) is 0 Å². The van der Waals surface area contributed by atoms with Gasteiger partial charge in [-0.1, -0.05) is 12.1 Å². The average molecular weight is 239 g/mol. The molecule has 0 spiro atoms. The van der Waals surface area contributed by atoms with Crippen LogP contribution in [0.2, 0.25) is 0 Å². The minimum Gasteiger partial charge on any atom is -0.344 e. The van der Waals surface area contributed by atoms with Crippen LogP contribution in [0.1, 0.15) is 0 Å². The highest BCUT2D eigenvalue weighted by molar-refractivity contribution is 5.77. The predicted molar refractivity (Wildman–Crippen MR) is 67.2 cm³/mol. The Morgan fingerprint density at radius 2 is 1.78 bits per heavy atom. The molecule has 3 nitrogen and oxygen atoms in total. The number of nitrogens with one attached hydrogen (secondary N) is 1. The van der Waals surface area contributed by atoms with E-state index in [0.29, 0.717) is 11.3 Å². The highest BCUT2D eigenvalue weighted by Crippen LogP contribution is 2.29. The van der Waals surface area contributed by atoms with Gasteiger partial charge in [-0.15, -0.1) is 0 Å². The smallest absolute Gasteiger partial charge is 0.132 e. The molecule has 0 aliphatic heterocycles. The summed E-state index contributed by atoms with van der Waals surface area (Å²) in [5, 5.41) is 0. The number of halogens is 1. The number of hydrogen-bond donors (Lipinski definition) is 1. The van der Waals surface area contributed by atoms with E-state index < -0.39 is 0 Å². The number of pyridine rings is 1. The maximum atomic E-state index is 13.8. The third kappa shape index (κ3) is 1.78. The molecule has 0 amide bonds. The van der Waals surface area contributed by atoms with Crippen LogP contribution in [0.4, 0.5) is 4.39 Å². The van der Waals surface area contributed by atoms with Gasteiger partial charge in [0.15, 0.2) is 0 Å². The summed E-state index contributed by atoms with van der Waals surface area (Å²) < 4.78 is 13.8. The molecule has 0 radical (unpaired) electrons. The second-order valence-electron chi connectivity index (χ2n) is 3.84. The molecule has 1 N–H and O–H groups in total. The van der Waals surface area contributed by atoms with E-state index in [0.717, 1.165) is 11.3 Å². The largest absolute Gasteiger partial charge is 0.344 e. The molecule has 88 valence electrons. The van der Waals surface area contributed by atoms with Crippen LogP contribution in [0.5, 0.6) is 0 Å². The molecule has 0 saturated heterocycles. The highest BCUT2D eigenvalue weighted by Gasteiger charge is 2.13. The van der Waals surface area contributed by atoms with Gasteiger partial charge in [0.05, 0.1) is 17.7 Å². The van der Waals surface area contributed by atoms with Crippen LogP contribution < -0.4 is 0 Å². The lowest BCUT2D eigenvalue weighted by atomic mass is 10.1. The topological polar surface area (TPSA) is 41.6 Å². The summed E-state index contributed by atoms with van der Waals surface area (Å²) >= 11 is 0. The lowest BCUT2D eigenvalue weighted by Crippen LogP contribution is -1.87. The van der Waals surface area contributed by atoms with Gasteiger partial charge in [0.25, 0.3) is 0 Å². The molecule has 0 fully saturated rings. The van der Waals surface area contributed by atoms with E-state index in [1.54, 1.807) is 36.9 Å². The number of rotatable bonds is 2. The van der Waals surface area contributed by atoms with Crippen LogP contribution in [0.15, 0.2) is 55.1 Å². The summed E-state index contributed by atoms with van der Waals surface area (Å²) in [7, 11) is 0. The van der Waals surface area contributed by atoms with Crippen LogP contribution >= 0.6 is 0 Å². The first-order valence-corrected chi connectivity index (χ1v) is 5.55. The Kier molecular flexibility index (Phi) is 2.61. The maximum Gasteiger partial charge on any atom is 0.132 e. The van der Waals surface area contributed by atoms with Crippen molar-refractivity contribution in [1.82, 2.24) is 15.0 Å². The van der Waals surface area contributed by atoms with Gasteiger partial charge in [-0.2, -0.15) is 0 Å². The number of benzene rings is 1. The minimum absolute atomic E-state index is 0.278. The van der Waals surface area contributed by atoms with Crippen molar-refractivity contribution in [3.63, 3.8) is 0 Å². The first kappa shape index (κ1) is 10.7. The van der Waals surface area contributed by atoms with Gasteiger partial charge in [0.1, 0.15) is 5.82 Å². The quantitative estimate of drug-likeness (QED) is 0.745. The Bertz CT molecular complexity index is 662. The average Bonchev–Trinajstić information content (AvgIpc) is 2.89. The number of aromatic nitrogens is 3. The monoisotopic (exact) mass is 239 g/mol. The fraction of sp³-hybridized carbons (Fsp3) is 0. The molecule has 0 unspecified atom stereocenters. The molecular formula is C14H10FN3. The van der Waals surface area contributed by atoms with E-state index in [2.05, 4.69) is 15.0 Å². The molecule has 3 rings (SSSR count). The van der Waals surface area contributed by atoms with Crippen molar-refractivity contribution >= 4 is 0 Å². The molecule has 2 heterocycles. The van der Waals surface area contributed by atoms with Gasteiger partial charge in [-0.05, 0) is 24.3 Å². The lowest BCUT2D eigenvalue weighted by Gasteiger charge is -2.03. The number of nitrogens with zero attached hydrogens (tertiary/aromatic N) is 2. The van der Waals surface area contributed by atoms with Crippen LogP contribution in [-0.4, -0.2) is 15.0 Å². The van der Waals surface area contributed by atoms with Crippen molar-refractivity contribution in [2.75, 3.05) is 0 Å². The summed E-state index contributed by atoms with van der Waals surface area (Å²) in [5.41, 5.74) is 2.83.